The minimum Gasteiger partial charge on any atom is -0.481 e. The Bertz CT molecular complexity index is 379. The van der Waals surface area contributed by atoms with Gasteiger partial charge >= 0.3 is 5.97 Å². The van der Waals surface area contributed by atoms with E-state index >= 15 is 0 Å². The number of aryl methyl sites for hydroxylation is 1. The summed E-state index contributed by atoms with van der Waals surface area (Å²) in [5, 5.41) is 11.5. The number of carboxylic acids is 1. The van der Waals surface area contributed by atoms with Crippen LogP contribution in [0.4, 0.5) is 10.1 Å². The molecule has 1 aromatic rings. The molecule has 4 heteroatoms. The Morgan fingerprint density at radius 1 is 1.56 bits per heavy atom. The Labute approximate surface area is 94.3 Å². The maximum absolute atomic E-state index is 13.4. The molecule has 0 heterocycles. The van der Waals surface area contributed by atoms with Crippen LogP contribution in [0.5, 0.6) is 0 Å². The Morgan fingerprint density at radius 2 is 2.25 bits per heavy atom. The zero-order valence-corrected chi connectivity index (χ0v) is 9.46. The van der Waals surface area contributed by atoms with Crippen LogP contribution in [-0.4, -0.2) is 17.1 Å². The molecule has 0 aliphatic heterocycles. The van der Waals surface area contributed by atoms with Crippen LogP contribution in [-0.2, 0) is 4.79 Å². The number of rotatable bonds is 5. The van der Waals surface area contributed by atoms with Crippen molar-refractivity contribution >= 4 is 11.7 Å². The van der Waals surface area contributed by atoms with E-state index in [1.165, 1.54) is 6.07 Å². The van der Waals surface area contributed by atoms with Crippen molar-refractivity contribution < 1.29 is 14.3 Å². The second-order valence-corrected chi connectivity index (χ2v) is 3.96. The van der Waals surface area contributed by atoms with E-state index in [4.69, 9.17) is 5.11 Å². The van der Waals surface area contributed by atoms with E-state index < -0.39 is 5.97 Å². The molecule has 0 amide bonds. The van der Waals surface area contributed by atoms with Crippen molar-refractivity contribution in [3.63, 3.8) is 0 Å². The first-order valence-corrected chi connectivity index (χ1v) is 5.23. The molecular weight excluding hydrogens is 209 g/mol. The highest BCUT2D eigenvalue weighted by molar-refractivity contribution is 5.66. The molecule has 1 aromatic carbocycles. The van der Waals surface area contributed by atoms with Gasteiger partial charge in [0.05, 0.1) is 5.69 Å². The van der Waals surface area contributed by atoms with Gasteiger partial charge in [0, 0.05) is 12.5 Å². The van der Waals surface area contributed by atoms with Gasteiger partial charge in [-0.3, -0.25) is 4.79 Å². The van der Waals surface area contributed by atoms with Gasteiger partial charge < -0.3 is 10.4 Å². The molecule has 16 heavy (non-hydrogen) atoms. The second kappa shape index (κ2) is 5.49. The quantitative estimate of drug-likeness (QED) is 0.810. The first-order chi connectivity index (χ1) is 7.49. The van der Waals surface area contributed by atoms with Gasteiger partial charge in [-0.15, -0.1) is 0 Å². The van der Waals surface area contributed by atoms with Crippen LogP contribution in [0.1, 0.15) is 25.3 Å². The van der Waals surface area contributed by atoms with Gasteiger partial charge in [0.2, 0.25) is 0 Å². The number of hydrogen-bond donors (Lipinski definition) is 2. The maximum Gasteiger partial charge on any atom is 0.303 e. The van der Waals surface area contributed by atoms with Crippen LogP contribution in [0, 0.1) is 12.7 Å². The van der Waals surface area contributed by atoms with E-state index in [2.05, 4.69) is 5.32 Å². The minimum absolute atomic E-state index is 0.0618. The summed E-state index contributed by atoms with van der Waals surface area (Å²) in [6.07, 6.45) is 0.560. The summed E-state index contributed by atoms with van der Waals surface area (Å²) in [7, 11) is 0. The van der Waals surface area contributed by atoms with Gasteiger partial charge in [-0.1, -0.05) is 6.07 Å². The standard InChI is InChI=1S/C12H16FNO2/c1-8-3-5-11(10(13)7-8)14-9(2)4-6-12(15)16/h3,5,7,9,14H,4,6H2,1-2H3,(H,15,16). The van der Waals surface area contributed by atoms with Crippen molar-refractivity contribution in [2.24, 2.45) is 0 Å². The van der Waals surface area contributed by atoms with Crippen LogP contribution >= 0.6 is 0 Å². The lowest BCUT2D eigenvalue weighted by molar-refractivity contribution is -0.137. The smallest absolute Gasteiger partial charge is 0.303 e. The molecule has 88 valence electrons. The summed E-state index contributed by atoms with van der Waals surface area (Å²) in [4.78, 5) is 10.4. The van der Waals surface area contributed by atoms with Crippen molar-refractivity contribution in [3.05, 3.63) is 29.6 Å². The van der Waals surface area contributed by atoms with E-state index in [1.54, 1.807) is 6.07 Å². The number of hydrogen-bond acceptors (Lipinski definition) is 2. The van der Waals surface area contributed by atoms with E-state index in [1.807, 2.05) is 19.9 Å². The van der Waals surface area contributed by atoms with E-state index in [9.17, 15) is 9.18 Å². The van der Waals surface area contributed by atoms with Crippen molar-refractivity contribution in [1.82, 2.24) is 0 Å². The third-order valence-electron chi connectivity index (χ3n) is 2.32. The van der Waals surface area contributed by atoms with Gasteiger partial charge in [0.1, 0.15) is 5.82 Å². The number of carbonyl (C=O) groups is 1. The monoisotopic (exact) mass is 225 g/mol. The molecule has 0 aromatic heterocycles. The van der Waals surface area contributed by atoms with Crippen LogP contribution in [0.3, 0.4) is 0 Å². The maximum atomic E-state index is 13.4. The van der Waals surface area contributed by atoms with Gasteiger partial charge in [-0.25, -0.2) is 4.39 Å². The number of halogens is 1. The fraction of sp³-hybridized carbons (Fsp3) is 0.417. The third-order valence-corrected chi connectivity index (χ3v) is 2.32. The molecule has 1 rings (SSSR count). The topological polar surface area (TPSA) is 49.3 Å². The van der Waals surface area contributed by atoms with Gasteiger partial charge in [0.15, 0.2) is 0 Å². The average Bonchev–Trinajstić information content (AvgIpc) is 2.19. The molecule has 0 fully saturated rings. The van der Waals surface area contributed by atoms with E-state index in [0.717, 1.165) is 5.56 Å². The summed E-state index contributed by atoms with van der Waals surface area (Å²) >= 11 is 0. The number of nitrogens with one attached hydrogen (secondary N) is 1. The molecule has 0 aliphatic carbocycles. The Kier molecular flexibility index (Phi) is 4.28. The lowest BCUT2D eigenvalue weighted by atomic mass is 10.1. The Morgan fingerprint density at radius 3 is 2.81 bits per heavy atom. The fourth-order valence-corrected chi connectivity index (χ4v) is 1.41. The lowest BCUT2D eigenvalue weighted by Crippen LogP contribution is -2.17. The molecule has 2 N–H and O–H groups in total. The molecule has 0 spiro atoms. The van der Waals surface area contributed by atoms with Crippen LogP contribution < -0.4 is 5.32 Å². The van der Waals surface area contributed by atoms with Gasteiger partial charge in [-0.05, 0) is 38.0 Å². The summed E-state index contributed by atoms with van der Waals surface area (Å²) in [6, 6.07) is 4.87. The molecule has 0 saturated carbocycles. The molecule has 1 unspecified atom stereocenters. The number of anilines is 1. The summed E-state index contributed by atoms with van der Waals surface area (Å²) in [5.74, 6) is -1.14. The molecule has 3 nitrogen and oxygen atoms in total. The average molecular weight is 225 g/mol. The zero-order valence-electron chi connectivity index (χ0n) is 9.46. The molecule has 0 saturated heterocycles. The largest absolute Gasteiger partial charge is 0.481 e. The molecular formula is C12H16FNO2. The zero-order chi connectivity index (χ0) is 12.1. The van der Waals surface area contributed by atoms with Crippen LogP contribution in [0.2, 0.25) is 0 Å². The highest BCUT2D eigenvalue weighted by Crippen LogP contribution is 2.17. The van der Waals surface area contributed by atoms with Crippen LogP contribution in [0.15, 0.2) is 18.2 Å². The number of aliphatic carboxylic acids is 1. The SMILES string of the molecule is Cc1ccc(NC(C)CCC(=O)O)c(F)c1. The molecule has 0 bridgehead atoms. The minimum atomic E-state index is -0.835. The van der Waals surface area contributed by atoms with E-state index in [-0.39, 0.29) is 18.3 Å². The summed E-state index contributed by atoms with van der Waals surface area (Å²) in [6.45, 7) is 3.66. The van der Waals surface area contributed by atoms with Crippen molar-refractivity contribution in [2.75, 3.05) is 5.32 Å². The van der Waals surface area contributed by atoms with E-state index in [0.29, 0.717) is 12.1 Å². The predicted octanol–water partition coefficient (Wildman–Crippen LogP) is 2.80. The fourth-order valence-electron chi connectivity index (χ4n) is 1.41. The molecule has 0 aliphatic rings. The second-order valence-electron chi connectivity index (χ2n) is 3.96. The Hall–Kier alpha value is -1.58. The third kappa shape index (κ3) is 3.88. The van der Waals surface area contributed by atoms with Crippen molar-refractivity contribution in [1.29, 1.82) is 0 Å². The first kappa shape index (κ1) is 12.5. The van der Waals surface area contributed by atoms with Crippen LogP contribution in [0.25, 0.3) is 0 Å². The van der Waals surface area contributed by atoms with Crippen molar-refractivity contribution in [2.45, 2.75) is 32.7 Å². The lowest BCUT2D eigenvalue weighted by Gasteiger charge is -2.15. The highest BCUT2D eigenvalue weighted by atomic mass is 19.1. The number of carboxylic acid groups (broad SMARTS) is 1. The predicted molar refractivity (Wildman–Crippen MR) is 61.1 cm³/mol. The molecule has 0 radical (unpaired) electrons. The van der Waals surface area contributed by atoms with Gasteiger partial charge in [-0.2, -0.15) is 0 Å². The number of benzene rings is 1. The first-order valence-electron chi connectivity index (χ1n) is 5.23. The summed E-state index contributed by atoms with van der Waals surface area (Å²) < 4.78 is 13.4. The summed E-state index contributed by atoms with van der Waals surface area (Å²) in [5.41, 5.74) is 1.28. The normalized spacial score (nSPS) is 12.2. The Balaban J connectivity index is 2.55. The highest BCUT2D eigenvalue weighted by Gasteiger charge is 2.08. The van der Waals surface area contributed by atoms with Gasteiger partial charge in [0.25, 0.3) is 0 Å². The molecule has 1 atom stereocenters. The van der Waals surface area contributed by atoms with Crippen molar-refractivity contribution in [3.8, 4) is 0 Å².